The van der Waals surface area contributed by atoms with Gasteiger partial charge in [-0.1, -0.05) is 6.92 Å². The molecule has 1 rings (SSSR count). The molecule has 0 amide bonds. The molecule has 14 heavy (non-hydrogen) atoms. The largest absolute Gasteiger partial charge is 0.478 e. The van der Waals surface area contributed by atoms with E-state index in [0.717, 1.165) is 24.2 Å². The van der Waals surface area contributed by atoms with Gasteiger partial charge in [-0.2, -0.15) is 4.98 Å². The Morgan fingerprint density at radius 3 is 2.79 bits per heavy atom. The molecule has 0 aliphatic heterocycles. The van der Waals surface area contributed by atoms with Gasteiger partial charge in [-0.15, -0.1) is 0 Å². The maximum Gasteiger partial charge on any atom is 0.219 e. The number of aromatic nitrogens is 2. The summed E-state index contributed by atoms with van der Waals surface area (Å²) in [7, 11) is 0. The minimum Gasteiger partial charge on any atom is -0.478 e. The van der Waals surface area contributed by atoms with Crippen LogP contribution in [0.25, 0.3) is 0 Å². The van der Waals surface area contributed by atoms with Crippen LogP contribution >= 0.6 is 0 Å². The first kappa shape index (κ1) is 10.9. The molecule has 0 atom stereocenters. The standard InChI is InChI=1S/C10H17N3O/c1-3-9-12-7-8(5-6-11)10(13-9)14-4-2/h7H,3-6,11H2,1-2H3. The van der Waals surface area contributed by atoms with E-state index in [4.69, 9.17) is 10.5 Å². The molecule has 4 nitrogen and oxygen atoms in total. The molecular weight excluding hydrogens is 178 g/mol. The number of nitrogens with two attached hydrogens (primary N) is 1. The molecule has 0 aliphatic carbocycles. The summed E-state index contributed by atoms with van der Waals surface area (Å²) in [5.74, 6) is 1.50. The van der Waals surface area contributed by atoms with E-state index in [1.165, 1.54) is 0 Å². The number of aryl methyl sites for hydroxylation is 1. The lowest BCUT2D eigenvalue weighted by Gasteiger charge is -2.08. The molecule has 0 bridgehead atoms. The zero-order valence-corrected chi connectivity index (χ0v) is 8.79. The molecule has 1 aromatic rings. The third-order valence-electron chi connectivity index (χ3n) is 1.89. The minimum atomic E-state index is 0.592. The van der Waals surface area contributed by atoms with Gasteiger partial charge in [-0.05, 0) is 19.9 Å². The first-order chi connectivity index (χ1) is 6.81. The lowest BCUT2D eigenvalue weighted by atomic mass is 10.2. The highest BCUT2D eigenvalue weighted by atomic mass is 16.5. The molecule has 4 heteroatoms. The predicted molar refractivity (Wildman–Crippen MR) is 55.3 cm³/mol. The summed E-state index contributed by atoms with van der Waals surface area (Å²) in [6.07, 6.45) is 3.39. The van der Waals surface area contributed by atoms with Gasteiger partial charge in [0.2, 0.25) is 5.88 Å². The van der Waals surface area contributed by atoms with Crippen molar-refractivity contribution in [2.24, 2.45) is 5.73 Å². The lowest BCUT2D eigenvalue weighted by Crippen LogP contribution is -2.08. The van der Waals surface area contributed by atoms with Crippen LogP contribution in [-0.2, 0) is 12.8 Å². The molecule has 2 N–H and O–H groups in total. The highest BCUT2D eigenvalue weighted by molar-refractivity contribution is 5.24. The molecule has 0 saturated carbocycles. The van der Waals surface area contributed by atoms with E-state index in [1.54, 1.807) is 0 Å². The van der Waals surface area contributed by atoms with Crippen molar-refractivity contribution in [1.82, 2.24) is 9.97 Å². The molecule has 1 heterocycles. The topological polar surface area (TPSA) is 61.0 Å². The zero-order valence-electron chi connectivity index (χ0n) is 8.79. The number of nitrogens with zero attached hydrogens (tertiary/aromatic N) is 2. The summed E-state index contributed by atoms with van der Waals surface area (Å²) in [6, 6.07) is 0. The first-order valence-electron chi connectivity index (χ1n) is 4.99. The van der Waals surface area contributed by atoms with Crippen molar-refractivity contribution in [2.75, 3.05) is 13.2 Å². The molecule has 0 unspecified atom stereocenters. The Morgan fingerprint density at radius 1 is 1.43 bits per heavy atom. The van der Waals surface area contributed by atoms with E-state index < -0.39 is 0 Å². The van der Waals surface area contributed by atoms with E-state index >= 15 is 0 Å². The number of ether oxygens (including phenoxy) is 1. The van der Waals surface area contributed by atoms with Crippen molar-refractivity contribution in [2.45, 2.75) is 26.7 Å². The lowest BCUT2D eigenvalue weighted by molar-refractivity contribution is 0.321. The number of rotatable bonds is 5. The van der Waals surface area contributed by atoms with Crippen LogP contribution in [0.3, 0.4) is 0 Å². The second-order valence-electron chi connectivity index (χ2n) is 2.94. The highest BCUT2D eigenvalue weighted by Crippen LogP contribution is 2.14. The predicted octanol–water partition coefficient (Wildman–Crippen LogP) is 0.939. The molecule has 0 spiro atoms. The minimum absolute atomic E-state index is 0.592. The molecular formula is C10H17N3O. The normalized spacial score (nSPS) is 10.2. The second kappa shape index (κ2) is 5.54. The van der Waals surface area contributed by atoms with Gasteiger partial charge in [0.05, 0.1) is 6.61 Å². The summed E-state index contributed by atoms with van der Waals surface area (Å²) >= 11 is 0. The Morgan fingerprint density at radius 2 is 2.21 bits per heavy atom. The first-order valence-corrected chi connectivity index (χ1v) is 4.99. The van der Waals surface area contributed by atoms with Gasteiger partial charge < -0.3 is 10.5 Å². The Hall–Kier alpha value is -1.16. The van der Waals surface area contributed by atoms with Gasteiger partial charge in [0, 0.05) is 18.2 Å². The van der Waals surface area contributed by atoms with Crippen LogP contribution in [0.1, 0.15) is 25.2 Å². The quantitative estimate of drug-likeness (QED) is 0.759. The van der Waals surface area contributed by atoms with Gasteiger partial charge >= 0.3 is 0 Å². The molecule has 0 saturated heterocycles. The van der Waals surface area contributed by atoms with Crippen molar-refractivity contribution in [3.05, 3.63) is 17.6 Å². The summed E-state index contributed by atoms with van der Waals surface area (Å²) in [4.78, 5) is 8.52. The van der Waals surface area contributed by atoms with E-state index in [-0.39, 0.29) is 0 Å². The summed E-state index contributed by atoms with van der Waals surface area (Å²) in [5.41, 5.74) is 6.48. The van der Waals surface area contributed by atoms with Crippen LogP contribution in [-0.4, -0.2) is 23.1 Å². The average Bonchev–Trinajstić information content (AvgIpc) is 2.21. The monoisotopic (exact) mass is 195 g/mol. The van der Waals surface area contributed by atoms with Gasteiger partial charge in [-0.3, -0.25) is 0 Å². The molecule has 78 valence electrons. The molecule has 1 aromatic heterocycles. The van der Waals surface area contributed by atoms with E-state index in [1.807, 2.05) is 20.0 Å². The summed E-state index contributed by atoms with van der Waals surface area (Å²) < 4.78 is 5.43. The van der Waals surface area contributed by atoms with Crippen LogP contribution in [0.4, 0.5) is 0 Å². The van der Waals surface area contributed by atoms with Crippen LogP contribution in [0, 0.1) is 0 Å². The Labute approximate surface area is 84.5 Å². The van der Waals surface area contributed by atoms with Crippen LogP contribution in [0.15, 0.2) is 6.20 Å². The van der Waals surface area contributed by atoms with Gasteiger partial charge in [0.25, 0.3) is 0 Å². The molecule has 0 aromatic carbocycles. The number of hydrogen-bond donors (Lipinski definition) is 1. The van der Waals surface area contributed by atoms with Crippen molar-refractivity contribution in [1.29, 1.82) is 0 Å². The maximum absolute atomic E-state index is 5.49. The third kappa shape index (κ3) is 2.67. The van der Waals surface area contributed by atoms with Crippen LogP contribution < -0.4 is 10.5 Å². The summed E-state index contributed by atoms with van der Waals surface area (Å²) in [6.45, 7) is 5.18. The van der Waals surface area contributed by atoms with Crippen molar-refractivity contribution in [3.8, 4) is 5.88 Å². The van der Waals surface area contributed by atoms with E-state index in [0.29, 0.717) is 19.0 Å². The van der Waals surface area contributed by atoms with Crippen molar-refractivity contribution < 1.29 is 4.74 Å². The fourth-order valence-electron chi connectivity index (χ4n) is 1.18. The fourth-order valence-corrected chi connectivity index (χ4v) is 1.18. The van der Waals surface area contributed by atoms with Crippen molar-refractivity contribution in [3.63, 3.8) is 0 Å². The van der Waals surface area contributed by atoms with E-state index in [2.05, 4.69) is 9.97 Å². The average molecular weight is 195 g/mol. The number of hydrogen-bond acceptors (Lipinski definition) is 4. The molecule has 0 radical (unpaired) electrons. The highest BCUT2D eigenvalue weighted by Gasteiger charge is 2.06. The molecule has 0 aliphatic rings. The maximum atomic E-state index is 5.49. The van der Waals surface area contributed by atoms with E-state index in [9.17, 15) is 0 Å². The second-order valence-corrected chi connectivity index (χ2v) is 2.94. The zero-order chi connectivity index (χ0) is 10.4. The fraction of sp³-hybridized carbons (Fsp3) is 0.600. The van der Waals surface area contributed by atoms with Gasteiger partial charge in [0.15, 0.2) is 0 Å². The smallest absolute Gasteiger partial charge is 0.219 e. The van der Waals surface area contributed by atoms with Crippen LogP contribution in [0.5, 0.6) is 5.88 Å². The molecule has 0 fully saturated rings. The Bertz CT molecular complexity index is 289. The Kier molecular flexibility index (Phi) is 4.32. The Balaban J connectivity index is 2.91. The van der Waals surface area contributed by atoms with Gasteiger partial charge in [0.1, 0.15) is 5.82 Å². The van der Waals surface area contributed by atoms with Crippen LogP contribution in [0.2, 0.25) is 0 Å². The summed E-state index contributed by atoms with van der Waals surface area (Å²) in [5, 5.41) is 0. The van der Waals surface area contributed by atoms with Crippen molar-refractivity contribution >= 4 is 0 Å². The van der Waals surface area contributed by atoms with Gasteiger partial charge in [-0.25, -0.2) is 4.98 Å². The third-order valence-corrected chi connectivity index (χ3v) is 1.89. The SMILES string of the molecule is CCOc1nc(CC)ncc1CCN.